The third-order valence-electron chi connectivity index (χ3n) is 10.0. The van der Waals surface area contributed by atoms with Crippen LogP contribution in [0.25, 0.3) is 0 Å². The fraction of sp³-hybridized carbons (Fsp3) is 0.833. The lowest BCUT2D eigenvalue weighted by Crippen LogP contribution is -2.59. The van der Waals surface area contributed by atoms with E-state index in [0.29, 0.717) is 25.9 Å². The second-order valence-corrected chi connectivity index (χ2v) is 11.6. The second kappa shape index (κ2) is 6.39. The molecule has 2 aliphatic heterocycles. The Morgan fingerprint density at radius 3 is 1.33 bits per heavy atom. The molecule has 4 amide bonds. The van der Waals surface area contributed by atoms with Gasteiger partial charge in [-0.2, -0.15) is 0 Å². The highest BCUT2D eigenvalue weighted by Crippen LogP contribution is 2.61. The first-order valence-electron chi connectivity index (χ1n) is 11.5. The van der Waals surface area contributed by atoms with Gasteiger partial charge in [0.2, 0.25) is 23.6 Å². The lowest BCUT2D eigenvalue weighted by Gasteiger charge is -2.48. The Kier molecular flexibility index (Phi) is 4.58. The van der Waals surface area contributed by atoms with Crippen molar-refractivity contribution in [1.29, 1.82) is 0 Å². The van der Waals surface area contributed by atoms with Crippen LogP contribution in [0.1, 0.15) is 80.1 Å². The lowest BCUT2D eigenvalue weighted by atomic mass is 9.62. The Labute approximate surface area is 179 Å². The fourth-order valence-corrected chi connectivity index (χ4v) is 6.77. The number of fused-ring (bicyclic) bond motifs is 4. The van der Waals surface area contributed by atoms with Crippen molar-refractivity contribution in [2.45, 2.75) is 80.1 Å². The molecule has 6 heteroatoms. The van der Waals surface area contributed by atoms with Crippen LogP contribution < -0.4 is 0 Å². The van der Waals surface area contributed by atoms with Gasteiger partial charge in [-0.1, -0.05) is 41.5 Å². The predicted octanol–water partition coefficient (Wildman–Crippen LogP) is 3.39. The zero-order valence-electron chi connectivity index (χ0n) is 19.3. The van der Waals surface area contributed by atoms with Gasteiger partial charge in [0, 0.05) is 24.9 Å². The second-order valence-electron chi connectivity index (χ2n) is 11.6. The normalized spacial score (nSPS) is 39.3. The summed E-state index contributed by atoms with van der Waals surface area (Å²) >= 11 is 0. The molecular formula is C24H36N2O4. The van der Waals surface area contributed by atoms with Gasteiger partial charge in [0.25, 0.3) is 0 Å². The maximum Gasteiger partial charge on any atom is 0.235 e. The fourth-order valence-electron chi connectivity index (χ4n) is 6.77. The van der Waals surface area contributed by atoms with Crippen molar-refractivity contribution in [2.24, 2.45) is 33.5 Å². The van der Waals surface area contributed by atoms with Gasteiger partial charge in [-0.15, -0.1) is 0 Å². The van der Waals surface area contributed by atoms with Crippen molar-refractivity contribution in [3.63, 3.8) is 0 Å². The molecule has 2 heterocycles. The number of hydrogen-bond donors (Lipinski definition) is 0. The Morgan fingerprint density at radius 2 is 1.00 bits per heavy atom. The molecule has 4 bridgehead atoms. The molecule has 0 aromatic rings. The van der Waals surface area contributed by atoms with Gasteiger partial charge in [-0.3, -0.25) is 29.0 Å². The SMILES string of the molecule is CC1(C)[C@H]2CC[C@@]1(C)C(=O)N(CCCCN1C(=O)[C@H]3CC[C@](C)(C1=O)C3(C)C)C2=O. The van der Waals surface area contributed by atoms with Crippen molar-refractivity contribution in [1.82, 2.24) is 9.80 Å². The van der Waals surface area contributed by atoms with E-state index < -0.39 is 10.8 Å². The molecule has 30 heavy (non-hydrogen) atoms. The summed E-state index contributed by atoms with van der Waals surface area (Å²) in [5, 5.41) is 0. The van der Waals surface area contributed by atoms with Crippen LogP contribution in [0.4, 0.5) is 0 Å². The number of unbranched alkanes of at least 4 members (excludes halogenated alkanes) is 1. The molecule has 6 nitrogen and oxygen atoms in total. The van der Waals surface area contributed by atoms with Crippen molar-refractivity contribution in [3.05, 3.63) is 0 Å². The summed E-state index contributed by atoms with van der Waals surface area (Å²) in [6, 6.07) is 0. The van der Waals surface area contributed by atoms with E-state index in [4.69, 9.17) is 0 Å². The topological polar surface area (TPSA) is 74.8 Å². The Morgan fingerprint density at radius 1 is 0.667 bits per heavy atom. The van der Waals surface area contributed by atoms with E-state index in [1.807, 2.05) is 41.5 Å². The summed E-state index contributed by atoms with van der Waals surface area (Å²) in [4.78, 5) is 55.1. The highest BCUT2D eigenvalue weighted by molar-refractivity contribution is 6.04. The molecule has 4 fully saturated rings. The van der Waals surface area contributed by atoms with Crippen molar-refractivity contribution in [2.75, 3.05) is 13.1 Å². The number of hydrogen-bond acceptors (Lipinski definition) is 4. The quantitative estimate of drug-likeness (QED) is 0.509. The van der Waals surface area contributed by atoms with Crippen LogP contribution in [0.15, 0.2) is 0 Å². The summed E-state index contributed by atoms with van der Waals surface area (Å²) in [6.07, 6.45) is 4.30. The van der Waals surface area contributed by atoms with E-state index in [-0.39, 0.29) is 46.3 Å². The van der Waals surface area contributed by atoms with Crippen LogP contribution in [0.5, 0.6) is 0 Å². The molecular weight excluding hydrogens is 380 g/mol. The molecule has 2 saturated carbocycles. The smallest absolute Gasteiger partial charge is 0.235 e. The molecule has 4 rings (SSSR count). The average molecular weight is 417 g/mol. The molecule has 0 aromatic heterocycles. The highest BCUT2D eigenvalue weighted by atomic mass is 16.2. The first-order valence-corrected chi connectivity index (χ1v) is 11.5. The van der Waals surface area contributed by atoms with E-state index in [0.717, 1.165) is 25.7 Å². The summed E-state index contributed by atoms with van der Waals surface area (Å²) < 4.78 is 0. The minimum Gasteiger partial charge on any atom is -0.282 e. The molecule has 166 valence electrons. The summed E-state index contributed by atoms with van der Waals surface area (Å²) in [5.74, 6) is -0.381. The van der Waals surface area contributed by atoms with E-state index in [9.17, 15) is 19.2 Å². The highest BCUT2D eigenvalue weighted by Gasteiger charge is 2.65. The standard InChI is InChI=1S/C24H36N2O4/c1-21(2)15-9-11-23(21,5)19(29)25(17(15)27)13-7-8-14-26-18(28)16-10-12-24(6,20(26)30)22(16,3)4/h15-16H,7-14H2,1-6H3/t15-,16+,23-,24+. The van der Waals surface area contributed by atoms with E-state index in [1.54, 1.807) is 0 Å². The number of piperidine rings is 2. The van der Waals surface area contributed by atoms with Gasteiger partial charge in [0.15, 0.2) is 0 Å². The van der Waals surface area contributed by atoms with Crippen LogP contribution in [-0.4, -0.2) is 46.5 Å². The first-order chi connectivity index (χ1) is 13.8. The summed E-state index contributed by atoms with van der Waals surface area (Å²) in [5.41, 5.74) is -1.56. The van der Waals surface area contributed by atoms with Crippen LogP contribution in [-0.2, 0) is 19.2 Å². The molecule has 0 N–H and O–H groups in total. The Hall–Kier alpha value is -1.72. The molecule has 0 spiro atoms. The predicted molar refractivity (Wildman–Crippen MR) is 112 cm³/mol. The van der Waals surface area contributed by atoms with Gasteiger partial charge in [-0.05, 0) is 49.4 Å². The minimum atomic E-state index is -0.482. The Bertz CT molecular complexity index is 763. The van der Waals surface area contributed by atoms with Crippen LogP contribution in [0.2, 0.25) is 0 Å². The molecule has 0 aromatic carbocycles. The maximum absolute atomic E-state index is 13.1. The van der Waals surface area contributed by atoms with Crippen molar-refractivity contribution in [3.8, 4) is 0 Å². The number of amides is 4. The minimum absolute atomic E-state index is 0.0441. The summed E-state index contributed by atoms with van der Waals surface area (Å²) in [7, 11) is 0. The zero-order chi connectivity index (χ0) is 22.3. The van der Waals surface area contributed by atoms with Gasteiger partial charge < -0.3 is 0 Å². The molecule has 2 saturated heterocycles. The average Bonchev–Trinajstić information content (AvgIpc) is 2.97. The molecule has 4 atom stereocenters. The first kappa shape index (κ1) is 21.5. The Balaban J connectivity index is 1.38. The van der Waals surface area contributed by atoms with Crippen LogP contribution in [0, 0.1) is 33.5 Å². The van der Waals surface area contributed by atoms with E-state index >= 15 is 0 Å². The van der Waals surface area contributed by atoms with E-state index in [1.165, 1.54) is 9.80 Å². The number of likely N-dealkylation sites (tertiary alicyclic amines) is 2. The molecule has 4 aliphatic rings. The molecule has 0 radical (unpaired) electrons. The third-order valence-corrected chi connectivity index (χ3v) is 10.0. The molecule has 2 aliphatic carbocycles. The number of imide groups is 2. The number of rotatable bonds is 5. The molecule has 0 unspecified atom stereocenters. The largest absolute Gasteiger partial charge is 0.282 e. The third kappa shape index (κ3) is 2.42. The number of carbonyl (C=O) groups is 4. The van der Waals surface area contributed by atoms with Gasteiger partial charge >= 0.3 is 0 Å². The van der Waals surface area contributed by atoms with Crippen LogP contribution in [0.3, 0.4) is 0 Å². The summed E-state index contributed by atoms with van der Waals surface area (Å²) in [6.45, 7) is 12.9. The number of carbonyl (C=O) groups excluding carboxylic acids is 4. The van der Waals surface area contributed by atoms with Gasteiger partial charge in [0.05, 0.1) is 10.8 Å². The van der Waals surface area contributed by atoms with E-state index in [2.05, 4.69) is 0 Å². The lowest BCUT2D eigenvalue weighted by molar-refractivity contribution is -0.170. The van der Waals surface area contributed by atoms with Gasteiger partial charge in [-0.25, -0.2) is 0 Å². The van der Waals surface area contributed by atoms with Crippen molar-refractivity contribution < 1.29 is 19.2 Å². The van der Waals surface area contributed by atoms with Gasteiger partial charge in [0.1, 0.15) is 0 Å². The van der Waals surface area contributed by atoms with Crippen LogP contribution >= 0.6 is 0 Å². The monoisotopic (exact) mass is 416 g/mol. The maximum atomic E-state index is 13.1. The zero-order valence-corrected chi connectivity index (χ0v) is 19.3. The number of nitrogens with zero attached hydrogens (tertiary/aromatic N) is 2. The van der Waals surface area contributed by atoms with Crippen molar-refractivity contribution >= 4 is 23.6 Å².